The SMILES string of the molecule is O=C(Cn1ccc2ccc(Cl)cc21)Nc1cccnc1-n1cncn1. The number of benzene rings is 1. The molecule has 4 rings (SSSR count). The molecule has 124 valence electrons. The van der Waals surface area contributed by atoms with Crippen molar-refractivity contribution in [1.29, 1.82) is 0 Å². The van der Waals surface area contributed by atoms with Gasteiger partial charge in [0.25, 0.3) is 0 Å². The largest absolute Gasteiger partial charge is 0.338 e. The van der Waals surface area contributed by atoms with E-state index in [0.29, 0.717) is 16.5 Å². The molecular formula is C17H13ClN6O. The fourth-order valence-electron chi connectivity index (χ4n) is 2.63. The lowest BCUT2D eigenvalue weighted by Crippen LogP contribution is -2.19. The molecule has 0 unspecified atom stereocenters. The van der Waals surface area contributed by atoms with Gasteiger partial charge in [-0.05, 0) is 35.7 Å². The predicted molar refractivity (Wildman–Crippen MR) is 94.7 cm³/mol. The second-order valence-corrected chi connectivity index (χ2v) is 5.85. The van der Waals surface area contributed by atoms with Gasteiger partial charge >= 0.3 is 0 Å². The van der Waals surface area contributed by atoms with Crippen LogP contribution in [-0.4, -0.2) is 30.2 Å². The summed E-state index contributed by atoms with van der Waals surface area (Å²) in [5.74, 6) is 0.334. The molecule has 0 saturated heterocycles. The van der Waals surface area contributed by atoms with Gasteiger partial charge in [-0.2, -0.15) is 5.10 Å². The zero-order valence-corrected chi connectivity index (χ0v) is 13.8. The van der Waals surface area contributed by atoms with Gasteiger partial charge in [-0.25, -0.2) is 14.6 Å². The summed E-state index contributed by atoms with van der Waals surface area (Å²) in [5, 5.41) is 8.59. The number of nitrogens with zero attached hydrogens (tertiary/aromatic N) is 5. The minimum absolute atomic E-state index is 0.162. The third-order valence-corrected chi connectivity index (χ3v) is 3.98. The Morgan fingerprint density at radius 3 is 3.00 bits per heavy atom. The molecule has 0 atom stereocenters. The van der Waals surface area contributed by atoms with Crippen molar-refractivity contribution in [3.05, 3.63) is 66.5 Å². The van der Waals surface area contributed by atoms with Gasteiger partial charge in [0, 0.05) is 22.9 Å². The number of carbonyl (C=O) groups is 1. The molecule has 1 N–H and O–H groups in total. The molecule has 8 heteroatoms. The number of pyridine rings is 1. The normalized spacial score (nSPS) is 10.9. The Hall–Kier alpha value is -3.19. The summed E-state index contributed by atoms with van der Waals surface area (Å²) >= 11 is 6.05. The minimum atomic E-state index is -0.174. The third kappa shape index (κ3) is 3.09. The number of halogens is 1. The second-order valence-electron chi connectivity index (χ2n) is 5.41. The van der Waals surface area contributed by atoms with E-state index in [-0.39, 0.29) is 12.5 Å². The molecule has 0 aliphatic rings. The Bertz CT molecular complexity index is 1040. The molecule has 0 bridgehead atoms. The highest BCUT2D eigenvalue weighted by atomic mass is 35.5. The zero-order chi connectivity index (χ0) is 17.2. The van der Waals surface area contributed by atoms with E-state index in [2.05, 4.69) is 20.4 Å². The first-order valence-corrected chi connectivity index (χ1v) is 7.93. The average Bonchev–Trinajstić information content (AvgIpc) is 3.26. The Balaban J connectivity index is 1.58. The van der Waals surface area contributed by atoms with E-state index in [1.54, 1.807) is 18.3 Å². The maximum Gasteiger partial charge on any atom is 0.244 e. The first-order valence-electron chi connectivity index (χ1n) is 7.55. The van der Waals surface area contributed by atoms with Gasteiger partial charge in [-0.3, -0.25) is 4.79 Å². The lowest BCUT2D eigenvalue weighted by Gasteiger charge is -2.10. The Labute approximate surface area is 147 Å². The number of amides is 1. The smallest absolute Gasteiger partial charge is 0.244 e. The van der Waals surface area contributed by atoms with Crippen LogP contribution in [-0.2, 0) is 11.3 Å². The summed E-state index contributed by atoms with van der Waals surface area (Å²) in [7, 11) is 0. The highest BCUT2D eigenvalue weighted by Crippen LogP contribution is 2.21. The molecule has 0 saturated carbocycles. The number of fused-ring (bicyclic) bond motifs is 1. The first-order chi connectivity index (χ1) is 12.2. The highest BCUT2D eigenvalue weighted by Gasteiger charge is 2.11. The molecule has 1 amide bonds. The van der Waals surface area contributed by atoms with E-state index in [1.807, 2.05) is 35.0 Å². The molecule has 0 aliphatic heterocycles. The summed E-state index contributed by atoms with van der Waals surface area (Å²) in [6, 6.07) is 11.1. The Morgan fingerprint density at radius 2 is 2.16 bits per heavy atom. The van der Waals surface area contributed by atoms with Crippen LogP contribution in [0.25, 0.3) is 16.7 Å². The molecule has 0 aliphatic carbocycles. The lowest BCUT2D eigenvalue weighted by atomic mass is 10.2. The highest BCUT2D eigenvalue weighted by molar-refractivity contribution is 6.31. The van der Waals surface area contributed by atoms with Crippen LogP contribution in [0.3, 0.4) is 0 Å². The van der Waals surface area contributed by atoms with Crippen molar-refractivity contribution in [1.82, 2.24) is 24.3 Å². The van der Waals surface area contributed by atoms with Gasteiger partial charge in [-0.15, -0.1) is 0 Å². The second kappa shape index (κ2) is 6.37. The summed E-state index contributed by atoms with van der Waals surface area (Å²) in [4.78, 5) is 20.7. The van der Waals surface area contributed by atoms with Crippen LogP contribution < -0.4 is 5.32 Å². The number of anilines is 1. The van der Waals surface area contributed by atoms with Crippen LogP contribution in [0, 0.1) is 0 Å². The van der Waals surface area contributed by atoms with E-state index in [9.17, 15) is 4.79 Å². The first kappa shape index (κ1) is 15.3. The molecule has 0 spiro atoms. The van der Waals surface area contributed by atoms with Crippen LogP contribution >= 0.6 is 11.6 Å². The maximum atomic E-state index is 12.5. The summed E-state index contributed by atoms with van der Waals surface area (Å²) in [6.45, 7) is 0.162. The van der Waals surface area contributed by atoms with E-state index in [1.165, 1.54) is 17.3 Å². The monoisotopic (exact) mass is 352 g/mol. The Kier molecular flexibility index (Phi) is 3.91. The van der Waals surface area contributed by atoms with Crippen LogP contribution in [0.4, 0.5) is 5.69 Å². The van der Waals surface area contributed by atoms with E-state index >= 15 is 0 Å². The fourth-order valence-corrected chi connectivity index (χ4v) is 2.80. The van der Waals surface area contributed by atoms with Crippen molar-refractivity contribution < 1.29 is 4.79 Å². The standard InChI is InChI=1S/C17H13ClN6O/c18-13-4-3-12-5-7-23(15(12)8-13)9-16(25)22-14-2-1-6-20-17(14)24-11-19-10-21-24/h1-8,10-11H,9H2,(H,22,25). The van der Waals surface area contributed by atoms with Crippen LogP contribution in [0.1, 0.15) is 0 Å². The summed E-state index contributed by atoms with van der Waals surface area (Å²) < 4.78 is 3.35. The van der Waals surface area contributed by atoms with Crippen LogP contribution in [0.15, 0.2) is 61.4 Å². The van der Waals surface area contributed by atoms with E-state index in [0.717, 1.165) is 10.9 Å². The van der Waals surface area contributed by atoms with Crippen molar-refractivity contribution in [2.24, 2.45) is 0 Å². The van der Waals surface area contributed by atoms with Gasteiger partial charge < -0.3 is 9.88 Å². The predicted octanol–water partition coefficient (Wildman–Crippen LogP) is 2.91. The van der Waals surface area contributed by atoms with Crippen molar-refractivity contribution in [3.8, 4) is 5.82 Å². The number of rotatable bonds is 4. The molecule has 0 radical (unpaired) electrons. The number of carbonyl (C=O) groups excluding carboxylic acids is 1. The topological polar surface area (TPSA) is 77.6 Å². The molecular weight excluding hydrogens is 340 g/mol. The van der Waals surface area contributed by atoms with Gasteiger partial charge in [0.05, 0.1) is 5.69 Å². The molecule has 3 aromatic heterocycles. The molecule has 3 heterocycles. The molecule has 7 nitrogen and oxygen atoms in total. The van der Waals surface area contributed by atoms with Crippen molar-refractivity contribution in [3.63, 3.8) is 0 Å². The van der Waals surface area contributed by atoms with Gasteiger partial charge in [0.1, 0.15) is 19.2 Å². The average molecular weight is 353 g/mol. The minimum Gasteiger partial charge on any atom is -0.338 e. The summed E-state index contributed by atoms with van der Waals surface area (Å²) in [5.41, 5.74) is 1.47. The maximum absolute atomic E-state index is 12.5. The molecule has 1 aromatic carbocycles. The number of aromatic nitrogens is 5. The number of nitrogens with one attached hydrogen (secondary N) is 1. The van der Waals surface area contributed by atoms with E-state index in [4.69, 9.17) is 11.6 Å². The quantitative estimate of drug-likeness (QED) is 0.612. The van der Waals surface area contributed by atoms with Crippen LogP contribution in [0.5, 0.6) is 0 Å². The zero-order valence-electron chi connectivity index (χ0n) is 13.0. The van der Waals surface area contributed by atoms with Crippen molar-refractivity contribution in [2.75, 3.05) is 5.32 Å². The van der Waals surface area contributed by atoms with Gasteiger partial charge in [-0.1, -0.05) is 17.7 Å². The van der Waals surface area contributed by atoms with Crippen molar-refractivity contribution >= 4 is 34.1 Å². The Morgan fingerprint density at radius 1 is 1.24 bits per heavy atom. The van der Waals surface area contributed by atoms with E-state index < -0.39 is 0 Å². The number of hydrogen-bond donors (Lipinski definition) is 1. The van der Waals surface area contributed by atoms with Crippen molar-refractivity contribution in [2.45, 2.75) is 6.54 Å². The molecule has 25 heavy (non-hydrogen) atoms. The molecule has 0 fully saturated rings. The lowest BCUT2D eigenvalue weighted by molar-refractivity contribution is -0.116. The van der Waals surface area contributed by atoms with Gasteiger partial charge in [0.15, 0.2) is 5.82 Å². The third-order valence-electron chi connectivity index (χ3n) is 3.75. The molecule has 4 aromatic rings. The fraction of sp³-hybridized carbons (Fsp3) is 0.0588. The summed E-state index contributed by atoms with van der Waals surface area (Å²) in [6.07, 6.45) is 6.44. The number of hydrogen-bond acceptors (Lipinski definition) is 4. The van der Waals surface area contributed by atoms with Gasteiger partial charge in [0.2, 0.25) is 5.91 Å². The van der Waals surface area contributed by atoms with Crippen LogP contribution in [0.2, 0.25) is 5.02 Å².